The Balaban J connectivity index is 1.86. The lowest BCUT2D eigenvalue weighted by molar-refractivity contribution is -0.118. The Morgan fingerprint density at radius 3 is 2.58 bits per heavy atom. The van der Waals surface area contributed by atoms with Gasteiger partial charge in [0.2, 0.25) is 0 Å². The Kier molecular flexibility index (Phi) is 4.93. The van der Waals surface area contributed by atoms with Crippen molar-refractivity contribution in [1.82, 2.24) is 4.98 Å². The van der Waals surface area contributed by atoms with Gasteiger partial charge in [0.15, 0.2) is 6.61 Å². The zero-order valence-electron chi connectivity index (χ0n) is 9.77. The first-order valence-corrected chi connectivity index (χ1v) is 7.03. The first kappa shape index (κ1) is 14.0. The third-order valence-electron chi connectivity index (χ3n) is 2.17. The summed E-state index contributed by atoms with van der Waals surface area (Å²) in [6.07, 6.45) is 0. The standard InChI is InChI=1S/C13H10Br2N2O2/c14-9-4-6-10(7-5-9)19-8-13(18)17-12-3-1-2-11(15)16-12/h1-7H,8H2,(H,16,17,18). The molecule has 2 rings (SSSR count). The normalized spacial score (nSPS) is 10.0. The summed E-state index contributed by atoms with van der Waals surface area (Å²) in [6.45, 7) is -0.0597. The summed E-state index contributed by atoms with van der Waals surface area (Å²) < 4.78 is 6.98. The minimum Gasteiger partial charge on any atom is -0.484 e. The molecule has 1 N–H and O–H groups in total. The van der Waals surface area contributed by atoms with Crippen LogP contribution in [0.5, 0.6) is 5.75 Å². The Hall–Kier alpha value is -1.40. The van der Waals surface area contributed by atoms with Gasteiger partial charge in [-0.25, -0.2) is 4.98 Å². The number of hydrogen-bond acceptors (Lipinski definition) is 3. The number of ether oxygens (including phenoxy) is 1. The summed E-state index contributed by atoms with van der Waals surface area (Å²) in [6, 6.07) is 12.6. The molecule has 0 aliphatic heterocycles. The van der Waals surface area contributed by atoms with Crippen LogP contribution in [0, 0.1) is 0 Å². The van der Waals surface area contributed by atoms with Crippen LogP contribution in [0.25, 0.3) is 0 Å². The van der Waals surface area contributed by atoms with Crippen LogP contribution < -0.4 is 10.1 Å². The molecule has 0 spiro atoms. The van der Waals surface area contributed by atoms with Gasteiger partial charge in [-0.2, -0.15) is 0 Å². The van der Waals surface area contributed by atoms with E-state index in [1.165, 1.54) is 0 Å². The maximum atomic E-state index is 11.7. The zero-order valence-corrected chi connectivity index (χ0v) is 12.9. The van der Waals surface area contributed by atoms with E-state index in [0.717, 1.165) is 4.47 Å². The summed E-state index contributed by atoms with van der Waals surface area (Å²) in [4.78, 5) is 15.8. The van der Waals surface area contributed by atoms with Gasteiger partial charge in [0.05, 0.1) is 0 Å². The number of nitrogens with one attached hydrogen (secondary N) is 1. The highest BCUT2D eigenvalue weighted by Crippen LogP contribution is 2.16. The van der Waals surface area contributed by atoms with Gasteiger partial charge in [-0.1, -0.05) is 22.0 Å². The van der Waals surface area contributed by atoms with Crippen LogP contribution in [0.4, 0.5) is 5.82 Å². The van der Waals surface area contributed by atoms with Crippen molar-refractivity contribution < 1.29 is 9.53 Å². The summed E-state index contributed by atoms with van der Waals surface area (Å²) >= 11 is 6.57. The molecule has 98 valence electrons. The molecule has 0 unspecified atom stereocenters. The van der Waals surface area contributed by atoms with E-state index in [-0.39, 0.29) is 12.5 Å². The van der Waals surface area contributed by atoms with Crippen LogP contribution in [0.3, 0.4) is 0 Å². The molecular formula is C13H10Br2N2O2. The maximum Gasteiger partial charge on any atom is 0.263 e. The van der Waals surface area contributed by atoms with E-state index in [0.29, 0.717) is 16.2 Å². The smallest absolute Gasteiger partial charge is 0.263 e. The number of carbonyl (C=O) groups is 1. The van der Waals surface area contributed by atoms with Crippen molar-refractivity contribution >= 4 is 43.6 Å². The van der Waals surface area contributed by atoms with E-state index in [9.17, 15) is 4.79 Å². The molecule has 0 saturated carbocycles. The average Bonchev–Trinajstić information content (AvgIpc) is 2.38. The molecule has 4 nitrogen and oxygen atoms in total. The van der Waals surface area contributed by atoms with Gasteiger partial charge in [0.25, 0.3) is 5.91 Å². The fourth-order valence-corrected chi connectivity index (χ4v) is 1.94. The van der Waals surface area contributed by atoms with Gasteiger partial charge in [0, 0.05) is 4.47 Å². The van der Waals surface area contributed by atoms with Crippen LogP contribution in [-0.2, 0) is 4.79 Å². The maximum absolute atomic E-state index is 11.7. The molecule has 1 aromatic heterocycles. The van der Waals surface area contributed by atoms with Gasteiger partial charge in [-0.05, 0) is 52.3 Å². The highest BCUT2D eigenvalue weighted by atomic mass is 79.9. The number of nitrogens with zero attached hydrogens (tertiary/aromatic N) is 1. The van der Waals surface area contributed by atoms with Crippen LogP contribution in [0.15, 0.2) is 51.5 Å². The fraction of sp³-hybridized carbons (Fsp3) is 0.0769. The molecule has 0 bridgehead atoms. The van der Waals surface area contributed by atoms with Gasteiger partial charge < -0.3 is 10.1 Å². The molecule has 19 heavy (non-hydrogen) atoms. The highest BCUT2D eigenvalue weighted by molar-refractivity contribution is 9.10. The van der Waals surface area contributed by atoms with Crippen molar-refractivity contribution in [2.75, 3.05) is 11.9 Å². The number of pyridine rings is 1. The van der Waals surface area contributed by atoms with Crippen LogP contribution >= 0.6 is 31.9 Å². The highest BCUT2D eigenvalue weighted by Gasteiger charge is 2.04. The number of aromatic nitrogens is 1. The molecule has 0 aliphatic carbocycles. The SMILES string of the molecule is O=C(COc1ccc(Br)cc1)Nc1cccc(Br)n1. The molecule has 0 saturated heterocycles. The molecule has 0 fully saturated rings. The largest absolute Gasteiger partial charge is 0.484 e. The third-order valence-corrected chi connectivity index (χ3v) is 3.14. The zero-order chi connectivity index (χ0) is 13.7. The number of halogens is 2. The summed E-state index contributed by atoms with van der Waals surface area (Å²) in [5, 5.41) is 2.65. The van der Waals surface area contributed by atoms with E-state index >= 15 is 0 Å². The fourth-order valence-electron chi connectivity index (χ4n) is 1.34. The number of anilines is 1. The van der Waals surface area contributed by atoms with Crippen LogP contribution in [0.2, 0.25) is 0 Å². The summed E-state index contributed by atoms with van der Waals surface area (Å²) in [7, 11) is 0. The predicted molar refractivity (Wildman–Crippen MR) is 80.2 cm³/mol. The quantitative estimate of drug-likeness (QED) is 0.817. The van der Waals surface area contributed by atoms with Gasteiger partial charge in [-0.15, -0.1) is 0 Å². The second-order valence-corrected chi connectivity index (χ2v) is 5.36. The first-order valence-electron chi connectivity index (χ1n) is 5.44. The van der Waals surface area contributed by atoms with Crippen molar-refractivity contribution in [3.63, 3.8) is 0 Å². The average molecular weight is 386 g/mol. The lowest BCUT2D eigenvalue weighted by atomic mass is 10.3. The van der Waals surface area contributed by atoms with E-state index < -0.39 is 0 Å². The number of carbonyl (C=O) groups excluding carboxylic acids is 1. The molecule has 0 radical (unpaired) electrons. The Morgan fingerprint density at radius 1 is 1.16 bits per heavy atom. The van der Waals surface area contributed by atoms with E-state index in [2.05, 4.69) is 42.2 Å². The topological polar surface area (TPSA) is 51.2 Å². The van der Waals surface area contributed by atoms with E-state index in [1.807, 2.05) is 12.1 Å². The van der Waals surface area contributed by atoms with E-state index in [1.54, 1.807) is 30.3 Å². The lowest BCUT2D eigenvalue weighted by Gasteiger charge is -2.07. The number of benzene rings is 1. The van der Waals surface area contributed by atoms with Crippen molar-refractivity contribution in [3.8, 4) is 5.75 Å². The van der Waals surface area contributed by atoms with Gasteiger partial charge >= 0.3 is 0 Å². The second-order valence-electron chi connectivity index (χ2n) is 3.64. The van der Waals surface area contributed by atoms with Crippen LogP contribution in [-0.4, -0.2) is 17.5 Å². The van der Waals surface area contributed by atoms with Crippen molar-refractivity contribution in [1.29, 1.82) is 0 Å². The monoisotopic (exact) mass is 384 g/mol. The van der Waals surface area contributed by atoms with Crippen molar-refractivity contribution in [2.24, 2.45) is 0 Å². The lowest BCUT2D eigenvalue weighted by Crippen LogP contribution is -2.20. The Bertz CT molecular complexity index is 573. The molecule has 0 atom stereocenters. The molecule has 2 aromatic rings. The van der Waals surface area contributed by atoms with Crippen molar-refractivity contribution in [2.45, 2.75) is 0 Å². The number of rotatable bonds is 4. The summed E-state index contributed by atoms with van der Waals surface area (Å²) in [5.41, 5.74) is 0. The predicted octanol–water partition coefficient (Wildman–Crippen LogP) is 3.62. The molecule has 1 aromatic carbocycles. The molecule has 0 aliphatic rings. The van der Waals surface area contributed by atoms with Crippen molar-refractivity contribution in [3.05, 3.63) is 51.5 Å². The van der Waals surface area contributed by atoms with E-state index in [4.69, 9.17) is 4.74 Å². The van der Waals surface area contributed by atoms with Crippen LogP contribution in [0.1, 0.15) is 0 Å². The Labute approximate surface area is 127 Å². The molecular weight excluding hydrogens is 376 g/mol. The number of amides is 1. The summed E-state index contributed by atoms with van der Waals surface area (Å²) in [5.74, 6) is 0.868. The number of hydrogen-bond donors (Lipinski definition) is 1. The molecule has 1 amide bonds. The molecule has 1 heterocycles. The molecule has 6 heteroatoms. The second kappa shape index (κ2) is 6.68. The minimum absolute atomic E-state index is 0.0597. The Morgan fingerprint density at radius 2 is 1.89 bits per heavy atom. The van der Waals surface area contributed by atoms with Gasteiger partial charge in [-0.3, -0.25) is 4.79 Å². The first-order chi connectivity index (χ1) is 9.13. The van der Waals surface area contributed by atoms with Gasteiger partial charge in [0.1, 0.15) is 16.2 Å². The minimum atomic E-state index is -0.256. The third kappa shape index (κ3) is 4.65.